The van der Waals surface area contributed by atoms with Crippen LogP contribution in [-0.4, -0.2) is 47.7 Å². The number of hydrogen-bond acceptors (Lipinski definition) is 3. The van der Waals surface area contributed by atoms with Crippen LogP contribution in [0.2, 0.25) is 0 Å². The fourth-order valence-corrected chi connectivity index (χ4v) is 3.02. The molecule has 1 atom stereocenters. The van der Waals surface area contributed by atoms with Crippen LogP contribution >= 0.6 is 0 Å². The maximum absolute atomic E-state index is 11.5. The van der Waals surface area contributed by atoms with E-state index in [9.17, 15) is 9.90 Å². The van der Waals surface area contributed by atoms with Gasteiger partial charge in [-0.05, 0) is 32.9 Å². The maximum atomic E-state index is 11.5. The molecule has 16 heavy (non-hydrogen) atoms. The van der Waals surface area contributed by atoms with Crippen LogP contribution in [0.5, 0.6) is 0 Å². The number of nitrogens with zero attached hydrogens (tertiary/aromatic N) is 1. The molecule has 2 fully saturated rings. The first-order valence-electron chi connectivity index (χ1n) is 6.32. The first-order valence-corrected chi connectivity index (χ1v) is 6.32. The van der Waals surface area contributed by atoms with Crippen molar-refractivity contribution in [2.75, 3.05) is 20.1 Å². The van der Waals surface area contributed by atoms with E-state index in [-0.39, 0.29) is 0 Å². The molecule has 1 saturated carbocycles. The highest BCUT2D eigenvalue weighted by molar-refractivity contribution is 5.79. The lowest BCUT2D eigenvalue weighted by Gasteiger charge is -2.36. The van der Waals surface area contributed by atoms with Gasteiger partial charge in [0.1, 0.15) is 5.54 Å². The van der Waals surface area contributed by atoms with Gasteiger partial charge in [-0.2, -0.15) is 0 Å². The Balaban J connectivity index is 1.99. The molecular weight excluding hydrogens is 204 g/mol. The second kappa shape index (κ2) is 4.72. The van der Waals surface area contributed by atoms with Gasteiger partial charge in [0, 0.05) is 12.6 Å². The summed E-state index contributed by atoms with van der Waals surface area (Å²) in [6, 6.07) is 0.360. The molecule has 1 unspecified atom stereocenters. The summed E-state index contributed by atoms with van der Waals surface area (Å²) in [6.07, 6.45) is 5.93. The molecule has 2 rings (SSSR count). The number of aliphatic carboxylic acids is 1. The Morgan fingerprint density at radius 1 is 1.38 bits per heavy atom. The first kappa shape index (κ1) is 11.9. The Morgan fingerprint density at radius 2 is 2.06 bits per heavy atom. The molecule has 2 N–H and O–H groups in total. The molecule has 1 heterocycles. The van der Waals surface area contributed by atoms with E-state index in [1.807, 2.05) is 0 Å². The molecule has 1 aliphatic carbocycles. The number of carboxylic acid groups (broad SMARTS) is 1. The standard InChI is InChI=1S/C12H22N2O2/c1-14-8-5-10(9-14)13-12(11(15)16)6-3-2-4-7-12/h10,13H,2-9H2,1H3,(H,15,16). The molecule has 0 radical (unpaired) electrons. The quantitative estimate of drug-likeness (QED) is 0.756. The number of rotatable bonds is 3. The van der Waals surface area contributed by atoms with Crippen LogP contribution in [0.15, 0.2) is 0 Å². The third kappa shape index (κ3) is 2.38. The minimum absolute atomic E-state index is 0.360. The lowest BCUT2D eigenvalue weighted by molar-refractivity contribution is -0.146. The summed E-state index contributed by atoms with van der Waals surface area (Å²) in [5, 5.41) is 12.9. The van der Waals surface area contributed by atoms with Gasteiger partial charge in [0.25, 0.3) is 0 Å². The third-order valence-electron chi connectivity index (χ3n) is 3.99. The summed E-state index contributed by atoms with van der Waals surface area (Å²) in [5.41, 5.74) is -0.631. The van der Waals surface area contributed by atoms with Gasteiger partial charge in [-0.1, -0.05) is 19.3 Å². The average Bonchev–Trinajstić information content (AvgIpc) is 2.65. The van der Waals surface area contributed by atoms with Crippen LogP contribution in [0.1, 0.15) is 38.5 Å². The van der Waals surface area contributed by atoms with Crippen molar-refractivity contribution in [3.63, 3.8) is 0 Å². The molecule has 4 heteroatoms. The van der Waals surface area contributed by atoms with Crippen LogP contribution < -0.4 is 5.32 Å². The van der Waals surface area contributed by atoms with Crippen molar-refractivity contribution >= 4 is 5.97 Å². The lowest BCUT2D eigenvalue weighted by atomic mass is 9.81. The summed E-state index contributed by atoms with van der Waals surface area (Å²) in [4.78, 5) is 13.7. The maximum Gasteiger partial charge on any atom is 0.323 e. The van der Waals surface area contributed by atoms with Crippen molar-refractivity contribution in [2.24, 2.45) is 0 Å². The molecular formula is C12H22N2O2. The van der Waals surface area contributed by atoms with Crippen LogP contribution in [-0.2, 0) is 4.79 Å². The van der Waals surface area contributed by atoms with Crippen molar-refractivity contribution in [3.8, 4) is 0 Å². The SMILES string of the molecule is CN1CCC(NC2(C(=O)O)CCCCC2)C1. The Bertz CT molecular complexity index is 262. The van der Waals surface area contributed by atoms with Gasteiger partial charge in [0.15, 0.2) is 0 Å². The van der Waals surface area contributed by atoms with Gasteiger partial charge in [-0.15, -0.1) is 0 Å². The van der Waals surface area contributed by atoms with Crippen LogP contribution in [0.4, 0.5) is 0 Å². The molecule has 0 spiro atoms. The predicted octanol–water partition coefficient (Wildman–Crippen LogP) is 1.07. The fourth-order valence-electron chi connectivity index (χ4n) is 3.02. The second-order valence-corrected chi connectivity index (χ2v) is 5.34. The van der Waals surface area contributed by atoms with Gasteiger partial charge >= 0.3 is 5.97 Å². The smallest absolute Gasteiger partial charge is 0.323 e. The van der Waals surface area contributed by atoms with Gasteiger partial charge in [0.05, 0.1) is 0 Å². The summed E-state index contributed by atoms with van der Waals surface area (Å²) >= 11 is 0. The van der Waals surface area contributed by atoms with E-state index in [4.69, 9.17) is 0 Å². The predicted molar refractivity (Wildman–Crippen MR) is 62.5 cm³/mol. The molecule has 0 amide bonds. The lowest BCUT2D eigenvalue weighted by Crippen LogP contribution is -2.57. The molecule has 0 aromatic rings. The zero-order valence-corrected chi connectivity index (χ0v) is 10.0. The van der Waals surface area contributed by atoms with E-state index in [1.54, 1.807) is 0 Å². The molecule has 0 bridgehead atoms. The normalized spacial score (nSPS) is 30.4. The first-order chi connectivity index (χ1) is 7.62. The summed E-state index contributed by atoms with van der Waals surface area (Å²) < 4.78 is 0. The zero-order valence-electron chi connectivity index (χ0n) is 10.0. The van der Waals surface area contributed by atoms with E-state index in [2.05, 4.69) is 17.3 Å². The number of carbonyl (C=O) groups is 1. The minimum Gasteiger partial charge on any atom is -0.480 e. The van der Waals surface area contributed by atoms with E-state index in [0.717, 1.165) is 45.2 Å². The van der Waals surface area contributed by atoms with E-state index in [0.29, 0.717) is 6.04 Å². The topological polar surface area (TPSA) is 52.6 Å². The highest BCUT2D eigenvalue weighted by Gasteiger charge is 2.41. The van der Waals surface area contributed by atoms with E-state index < -0.39 is 11.5 Å². The Labute approximate surface area is 97.0 Å². The minimum atomic E-state index is -0.651. The molecule has 1 aliphatic heterocycles. The van der Waals surface area contributed by atoms with Crippen molar-refractivity contribution < 1.29 is 9.90 Å². The number of likely N-dealkylation sites (tertiary alicyclic amines) is 1. The highest BCUT2D eigenvalue weighted by atomic mass is 16.4. The van der Waals surface area contributed by atoms with Crippen molar-refractivity contribution in [1.82, 2.24) is 10.2 Å². The van der Waals surface area contributed by atoms with E-state index >= 15 is 0 Å². The van der Waals surface area contributed by atoms with Gasteiger partial charge in [-0.25, -0.2) is 0 Å². The zero-order chi connectivity index (χ0) is 11.6. The summed E-state index contributed by atoms with van der Waals surface area (Å²) in [5.74, 6) is -0.651. The molecule has 0 aromatic heterocycles. The monoisotopic (exact) mass is 226 g/mol. The van der Waals surface area contributed by atoms with Gasteiger partial charge in [-0.3, -0.25) is 10.1 Å². The Hall–Kier alpha value is -0.610. The molecule has 2 aliphatic rings. The van der Waals surface area contributed by atoms with Crippen molar-refractivity contribution in [3.05, 3.63) is 0 Å². The van der Waals surface area contributed by atoms with Crippen LogP contribution in [0.3, 0.4) is 0 Å². The van der Waals surface area contributed by atoms with Crippen molar-refractivity contribution in [1.29, 1.82) is 0 Å². The molecule has 4 nitrogen and oxygen atoms in total. The third-order valence-corrected chi connectivity index (χ3v) is 3.99. The number of likely N-dealkylation sites (N-methyl/N-ethyl adjacent to an activating group) is 1. The average molecular weight is 226 g/mol. The molecule has 0 aromatic carbocycles. The Morgan fingerprint density at radius 3 is 2.56 bits per heavy atom. The molecule has 92 valence electrons. The Kier molecular flexibility index (Phi) is 3.50. The van der Waals surface area contributed by atoms with Crippen LogP contribution in [0, 0.1) is 0 Å². The van der Waals surface area contributed by atoms with Crippen molar-refractivity contribution in [2.45, 2.75) is 50.1 Å². The fraction of sp³-hybridized carbons (Fsp3) is 0.917. The number of hydrogen-bond donors (Lipinski definition) is 2. The second-order valence-electron chi connectivity index (χ2n) is 5.34. The van der Waals surface area contributed by atoms with Crippen LogP contribution in [0.25, 0.3) is 0 Å². The van der Waals surface area contributed by atoms with Gasteiger partial charge in [0.2, 0.25) is 0 Å². The largest absolute Gasteiger partial charge is 0.480 e. The van der Waals surface area contributed by atoms with Gasteiger partial charge < -0.3 is 10.0 Å². The van der Waals surface area contributed by atoms with E-state index in [1.165, 1.54) is 6.42 Å². The summed E-state index contributed by atoms with van der Waals surface area (Å²) in [7, 11) is 2.09. The summed E-state index contributed by atoms with van der Waals surface area (Å²) in [6.45, 7) is 2.06. The molecule has 1 saturated heterocycles. The number of carboxylic acids is 1. The highest BCUT2D eigenvalue weighted by Crippen LogP contribution is 2.29. The number of nitrogens with one attached hydrogen (secondary N) is 1.